The summed E-state index contributed by atoms with van der Waals surface area (Å²) < 4.78 is 0. The molecule has 4 rings (SSSR count). The number of hydrogen-bond donors (Lipinski definition) is 0. The molecule has 4 atom stereocenters. The largest absolute Gasteiger partial charge is 4.00 e. The van der Waals surface area contributed by atoms with Crippen LogP contribution in [0.25, 0.3) is 0 Å². The molecule has 4 unspecified atom stereocenters. The summed E-state index contributed by atoms with van der Waals surface area (Å²) in [6.45, 7) is 0. The Bertz CT molecular complexity index is 315. The van der Waals surface area contributed by atoms with Crippen LogP contribution < -0.4 is 0 Å². The van der Waals surface area contributed by atoms with E-state index >= 15 is 0 Å². The van der Waals surface area contributed by atoms with E-state index in [1.807, 2.05) is 0 Å². The van der Waals surface area contributed by atoms with Gasteiger partial charge in [-0.2, -0.15) is 0 Å². The van der Waals surface area contributed by atoms with E-state index in [0.29, 0.717) is 0 Å². The van der Waals surface area contributed by atoms with E-state index in [4.69, 9.17) is 0 Å². The second-order valence-electron chi connectivity index (χ2n) is 6.06. The van der Waals surface area contributed by atoms with Crippen LogP contribution in [0.4, 0.5) is 0 Å². The van der Waals surface area contributed by atoms with Gasteiger partial charge in [-0.3, -0.25) is 0 Å². The first kappa shape index (κ1) is 27.7. The van der Waals surface area contributed by atoms with E-state index in [2.05, 4.69) is 48.6 Å². The van der Waals surface area contributed by atoms with Gasteiger partial charge in [0.15, 0.2) is 0 Å². The fourth-order valence-corrected chi connectivity index (χ4v) is 3.82. The Morgan fingerprint density at radius 2 is 0.652 bits per heavy atom. The third-order valence-electron chi connectivity index (χ3n) is 4.91. The van der Waals surface area contributed by atoms with Crippen molar-refractivity contribution in [3.8, 4) is 0 Å². The molecule has 0 saturated heterocycles. The maximum atomic E-state index is 2.36. The summed E-state index contributed by atoms with van der Waals surface area (Å²) >= 11 is 0. The van der Waals surface area contributed by atoms with Crippen LogP contribution >= 0.6 is 0 Å². The molecule has 0 bridgehead atoms. The topological polar surface area (TPSA) is 0 Å². The van der Waals surface area contributed by atoms with Gasteiger partial charge in [-0.1, -0.05) is 61.4 Å². The van der Waals surface area contributed by atoms with E-state index in [0.717, 1.165) is 23.7 Å². The molecule has 23 heavy (non-hydrogen) atoms. The van der Waals surface area contributed by atoms with E-state index in [9.17, 15) is 0 Å². The van der Waals surface area contributed by atoms with Crippen LogP contribution in [-0.2, 0) is 26.2 Å². The monoisotopic (exact) mass is 390 g/mol. The van der Waals surface area contributed by atoms with Gasteiger partial charge in [0.2, 0.25) is 0 Å². The summed E-state index contributed by atoms with van der Waals surface area (Å²) in [6, 6.07) is 0. The summed E-state index contributed by atoms with van der Waals surface area (Å²) in [5, 5.41) is 0. The molecule has 0 aromatic heterocycles. The molecule has 4 aliphatic rings. The predicted octanol–water partition coefficient (Wildman–Crippen LogP) is 6.86. The van der Waals surface area contributed by atoms with Crippen molar-refractivity contribution in [2.24, 2.45) is 23.7 Å². The van der Waals surface area contributed by atoms with E-state index in [-0.39, 0.29) is 55.9 Å². The summed E-state index contributed by atoms with van der Waals surface area (Å²) in [6.07, 6.45) is 26.7. The Labute approximate surface area is 166 Å². The molecule has 0 aliphatic heterocycles. The van der Waals surface area contributed by atoms with Crippen molar-refractivity contribution in [3.05, 3.63) is 78.3 Å². The van der Waals surface area contributed by atoms with Crippen LogP contribution in [0.1, 0.15) is 38.5 Å². The number of allylic oxidation sites excluding steroid dienone is 8. The van der Waals surface area contributed by atoms with Gasteiger partial charge in [-0.15, -0.1) is 0 Å². The molecular formula is C22H36Zr. The van der Waals surface area contributed by atoms with Crippen LogP contribution in [0.5, 0.6) is 0 Å². The van der Waals surface area contributed by atoms with Gasteiger partial charge < -0.3 is 29.7 Å². The van der Waals surface area contributed by atoms with Gasteiger partial charge in [0, 0.05) is 0 Å². The Kier molecular flexibility index (Phi) is 17.1. The van der Waals surface area contributed by atoms with Crippen LogP contribution in [0.3, 0.4) is 0 Å². The average Bonchev–Trinajstić information content (AvgIpc) is 3.08. The zero-order valence-corrected chi connectivity index (χ0v) is 18.1. The van der Waals surface area contributed by atoms with E-state index in [1.54, 1.807) is 0 Å². The van der Waals surface area contributed by atoms with Crippen molar-refractivity contribution >= 4 is 0 Å². The van der Waals surface area contributed by atoms with Gasteiger partial charge >= 0.3 is 26.2 Å². The Morgan fingerprint density at radius 1 is 0.435 bits per heavy atom. The minimum atomic E-state index is 0. The van der Waals surface area contributed by atoms with Gasteiger partial charge in [-0.25, -0.2) is 0 Å². The number of rotatable bonds is 0. The molecule has 0 aromatic rings. The summed E-state index contributed by atoms with van der Waals surface area (Å²) in [5.41, 5.74) is 0. The number of hydrogen-bond acceptors (Lipinski definition) is 0. The van der Waals surface area contributed by atoms with E-state index in [1.165, 1.54) is 38.5 Å². The molecule has 128 valence electrons. The minimum absolute atomic E-state index is 0. The quantitative estimate of drug-likeness (QED) is 0.396. The molecule has 0 nitrogen and oxygen atoms in total. The second kappa shape index (κ2) is 14.2. The van der Waals surface area contributed by atoms with Gasteiger partial charge in [0.05, 0.1) is 0 Å². The molecule has 0 heterocycles. The Morgan fingerprint density at radius 3 is 0.870 bits per heavy atom. The first-order chi connectivity index (χ1) is 8.93. The third-order valence-corrected chi connectivity index (χ3v) is 4.91. The SMILES string of the molecule is C1=CC2CCCC2C=C1.C1=CC2CCCC2C=C1.[CH3-].[CH3-].[CH3-].[CH3-].[Zr+4]. The smallest absolute Gasteiger partial charge is 0.358 e. The zero-order valence-electron chi connectivity index (χ0n) is 15.7. The van der Waals surface area contributed by atoms with Crippen molar-refractivity contribution in [1.82, 2.24) is 0 Å². The molecule has 0 radical (unpaired) electrons. The van der Waals surface area contributed by atoms with Crippen molar-refractivity contribution in [1.29, 1.82) is 0 Å². The molecule has 0 amide bonds. The van der Waals surface area contributed by atoms with Gasteiger partial charge in [-0.05, 0) is 49.4 Å². The fraction of sp³-hybridized carbons (Fsp3) is 0.455. The summed E-state index contributed by atoms with van der Waals surface area (Å²) in [5.74, 6) is 3.59. The van der Waals surface area contributed by atoms with Crippen LogP contribution in [-0.4, -0.2) is 0 Å². The Balaban J connectivity index is -0.000000286. The van der Waals surface area contributed by atoms with Crippen molar-refractivity contribution < 1.29 is 26.2 Å². The first-order valence-corrected chi connectivity index (χ1v) is 7.63. The summed E-state index contributed by atoms with van der Waals surface area (Å²) in [7, 11) is 0. The average molecular weight is 392 g/mol. The normalized spacial score (nSPS) is 30.6. The maximum Gasteiger partial charge on any atom is 4.00 e. The Hall–Kier alpha value is -0.157. The standard InChI is InChI=1S/2C9H12.4CH3.Zr/c2*1-2-5-9-7-3-6-8(9)4-1;;;;;/h2*1-2,4-5,8-9H,3,6-7H2;4*1H3;/q;;4*-1;+4. The van der Waals surface area contributed by atoms with E-state index < -0.39 is 0 Å². The first-order valence-electron chi connectivity index (χ1n) is 7.63. The molecule has 4 aliphatic carbocycles. The minimum Gasteiger partial charge on any atom is -0.358 e. The predicted molar refractivity (Wildman–Crippen MR) is 104 cm³/mol. The number of fused-ring (bicyclic) bond motifs is 2. The van der Waals surface area contributed by atoms with Gasteiger partial charge in [0.25, 0.3) is 0 Å². The van der Waals surface area contributed by atoms with Crippen LogP contribution in [0.2, 0.25) is 0 Å². The van der Waals surface area contributed by atoms with Crippen LogP contribution in [0, 0.1) is 53.4 Å². The van der Waals surface area contributed by atoms with Crippen LogP contribution in [0.15, 0.2) is 48.6 Å². The molecule has 2 saturated carbocycles. The molecule has 1 heteroatoms. The third kappa shape index (κ3) is 7.51. The van der Waals surface area contributed by atoms with Crippen molar-refractivity contribution in [3.63, 3.8) is 0 Å². The maximum absolute atomic E-state index is 2.36. The van der Waals surface area contributed by atoms with Crippen molar-refractivity contribution in [2.45, 2.75) is 38.5 Å². The molecule has 0 N–H and O–H groups in total. The fourth-order valence-electron chi connectivity index (χ4n) is 3.82. The molecular weight excluding hydrogens is 355 g/mol. The summed E-state index contributed by atoms with van der Waals surface area (Å²) in [4.78, 5) is 0. The van der Waals surface area contributed by atoms with Gasteiger partial charge in [0.1, 0.15) is 0 Å². The molecule has 0 spiro atoms. The second-order valence-corrected chi connectivity index (χ2v) is 6.06. The molecule has 2 fully saturated rings. The van der Waals surface area contributed by atoms with Crippen molar-refractivity contribution in [2.75, 3.05) is 0 Å². The molecule has 0 aromatic carbocycles. The zero-order chi connectivity index (χ0) is 12.2.